The van der Waals surface area contributed by atoms with Gasteiger partial charge in [0.25, 0.3) is 0 Å². The molecule has 1 saturated heterocycles. The summed E-state index contributed by atoms with van der Waals surface area (Å²) in [6.07, 6.45) is -1.96. The SMILES string of the molecule is COc1cc(N2CCN(C(=O)CCCN(C)C)CC2)ccc1Nc1ncc(C(F)(F)F)c(CCc2cccc3c2CC(=O)N3)n1. The summed E-state index contributed by atoms with van der Waals surface area (Å²) >= 11 is 0. The Balaban J connectivity index is 1.27. The first-order chi connectivity index (χ1) is 21.5. The van der Waals surface area contributed by atoms with E-state index in [4.69, 9.17) is 4.74 Å². The quantitative estimate of drug-likeness (QED) is 0.321. The Morgan fingerprint density at radius 1 is 1.11 bits per heavy atom. The highest BCUT2D eigenvalue weighted by molar-refractivity contribution is 5.99. The van der Waals surface area contributed by atoms with E-state index in [0.29, 0.717) is 49.7 Å². The van der Waals surface area contributed by atoms with Crippen molar-refractivity contribution in [3.63, 3.8) is 0 Å². The molecule has 1 fully saturated rings. The summed E-state index contributed by atoms with van der Waals surface area (Å²) in [6, 6.07) is 10.9. The van der Waals surface area contributed by atoms with E-state index in [1.54, 1.807) is 18.2 Å². The number of methoxy groups -OCH3 is 1. The summed E-state index contributed by atoms with van der Waals surface area (Å²) < 4.78 is 47.3. The molecular weight excluding hydrogens is 587 g/mol. The summed E-state index contributed by atoms with van der Waals surface area (Å²) in [5.74, 6) is 0.534. The van der Waals surface area contributed by atoms with E-state index in [0.717, 1.165) is 36.0 Å². The van der Waals surface area contributed by atoms with Crippen molar-refractivity contribution in [1.82, 2.24) is 19.8 Å². The zero-order valence-electron chi connectivity index (χ0n) is 25.7. The van der Waals surface area contributed by atoms with Crippen molar-refractivity contribution in [3.8, 4) is 5.75 Å². The van der Waals surface area contributed by atoms with Crippen LogP contribution in [0.3, 0.4) is 0 Å². The summed E-state index contributed by atoms with van der Waals surface area (Å²) in [7, 11) is 5.51. The molecule has 13 heteroatoms. The third kappa shape index (κ3) is 7.83. The van der Waals surface area contributed by atoms with Gasteiger partial charge in [-0.1, -0.05) is 12.1 Å². The number of benzene rings is 2. The standard InChI is InChI=1S/C32H38F3N7O3/c1-40(2)13-5-8-30(44)42-16-14-41(15-17-42)22-10-12-27(28(18-22)45-3)39-31-36-20-24(32(33,34)35)26(38-31)11-9-21-6-4-7-25-23(21)19-29(43)37-25/h4,6-7,10,12,18,20H,5,8-9,11,13-17,19H2,1-3H3,(H,37,43)(H,36,38,39). The van der Waals surface area contributed by atoms with E-state index < -0.39 is 11.7 Å². The molecule has 2 amide bonds. The molecule has 3 heterocycles. The molecule has 2 aromatic carbocycles. The number of piperazine rings is 1. The van der Waals surface area contributed by atoms with Crippen LogP contribution in [0.2, 0.25) is 0 Å². The van der Waals surface area contributed by atoms with Gasteiger partial charge in [-0.25, -0.2) is 9.97 Å². The largest absolute Gasteiger partial charge is 0.494 e. The first kappa shape index (κ1) is 32.0. The number of nitrogens with one attached hydrogen (secondary N) is 2. The number of alkyl halides is 3. The molecule has 240 valence electrons. The van der Waals surface area contributed by atoms with Gasteiger partial charge in [0.05, 0.1) is 30.5 Å². The van der Waals surface area contributed by atoms with E-state index in [1.807, 2.05) is 37.2 Å². The predicted molar refractivity (Wildman–Crippen MR) is 166 cm³/mol. The molecule has 0 saturated carbocycles. The summed E-state index contributed by atoms with van der Waals surface area (Å²) in [5, 5.41) is 5.80. The minimum atomic E-state index is -4.62. The van der Waals surface area contributed by atoms with Crippen molar-refractivity contribution in [2.24, 2.45) is 0 Å². The maximum atomic E-state index is 13.9. The van der Waals surface area contributed by atoms with Gasteiger partial charge < -0.3 is 30.1 Å². The molecule has 10 nitrogen and oxygen atoms in total. The molecule has 3 aromatic rings. The Labute approximate surface area is 260 Å². The minimum absolute atomic E-state index is 0.0108. The fraction of sp³-hybridized carbons (Fsp3) is 0.438. The Morgan fingerprint density at radius 3 is 2.60 bits per heavy atom. The number of carbonyl (C=O) groups excluding carboxylic acids is 2. The Morgan fingerprint density at radius 2 is 1.89 bits per heavy atom. The zero-order valence-corrected chi connectivity index (χ0v) is 25.7. The smallest absolute Gasteiger partial charge is 0.419 e. The van der Waals surface area contributed by atoms with E-state index in [9.17, 15) is 22.8 Å². The van der Waals surface area contributed by atoms with Gasteiger partial charge >= 0.3 is 6.18 Å². The fourth-order valence-electron chi connectivity index (χ4n) is 5.73. The predicted octanol–water partition coefficient (Wildman–Crippen LogP) is 4.52. The highest BCUT2D eigenvalue weighted by atomic mass is 19.4. The van der Waals surface area contributed by atoms with E-state index in [1.165, 1.54) is 7.11 Å². The van der Waals surface area contributed by atoms with E-state index >= 15 is 0 Å². The molecule has 2 aliphatic heterocycles. The lowest BCUT2D eigenvalue weighted by atomic mass is 9.98. The highest BCUT2D eigenvalue weighted by Crippen LogP contribution is 2.35. The van der Waals surface area contributed by atoms with Crippen LogP contribution in [-0.2, 0) is 35.0 Å². The van der Waals surface area contributed by atoms with Crippen LogP contribution in [0.4, 0.5) is 36.2 Å². The molecule has 0 bridgehead atoms. The van der Waals surface area contributed by atoms with Crippen LogP contribution >= 0.6 is 0 Å². The molecule has 2 N–H and O–H groups in total. The lowest BCUT2D eigenvalue weighted by molar-refractivity contribution is -0.138. The maximum Gasteiger partial charge on any atom is 0.419 e. The number of aryl methyl sites for hydroxylation is 2. The van der Waals surface area contributed by atoms with Gasteiger partial charge in [-0.15, -0.1) is 0 Å². The minimum Gasteiger partial charge on any atom is -0.494 e. The number of anilines is 4. The van der Waals surface area contributed by atoms with Crippen LogP contribution in [-0.4, -0.2) is 85.5 Å². The summed E-state index contributed by atoms with van der Waals surface area (Å²) in [5.41, 5.74) is 2.69. The van der Waals surface area contributed by atoms with Gasteiger partial charge in [-0.3, -0.25) is 9.59 Å². The monoisotopic (exact) mass is 625 g/mol. The number of halogens is 3. The molecule has 5 rings (SSSR count). The molecule has 0 atom stereocenters. The van der Waals surface area contributed by atoms with Crippen molar-refractivity contribution in [2.45, 2.75) is 38.3 Å². The Hall–Kier alpha value is -4.39. The van der Waals surface area contributed by atoms with Crippen LogP contribution in [0.5, 0.6) is 5.75 Å². The van der Waals surface area contributed by atoms with Crippen molar-refractivity contribution >= 4 is 34.8 Å². The number of rotatable bonds is 11. The van der Waals surface area contributed by atoms with Gasteiger partial charge in [-0.2, -0.15) is 13.2 Å². The average Bonchev–Trinajstić information content (AvgIpc) is 3.40. The number of aromatic nitrogens is 2. The number of hydrogen-bond acceptors (Lipinski definition) is 8. The number of fused-ring (bicyclic) bond motifs is 1. The third-order valence-corrected chi connectivity index (χ3v) is 8.11. The number of hydrogen-bond donors (Lipinski definition) is 2. The van der Waals surface area contributed by atoms with Crippen LogP contribution in [0.15, 0.2) is 42.6 Å². The highest BCUT2D eigenvalue weighted by Gasteiger charge is 2.35. The first-order valence-electron chi connectivity index (χ1n) is 15.0. The van der Waals surface area contributed by atoms with Crippen molar-refractivity contribution in [3.05, 3.63) is 65.0 Å². The van der Waals surface area contributed by atoms with Crippen molar-refractivity contribution in [2.75, 3.05) is 69.5 Å². The zero-order chi connectivity index (χ0) is 32.1. The van der Waals surface area contributed by atoms with Gasteiger partial charge in [0.2, 0.25) is 17.8 Å². The average molecular weight is 626 g/mol. The molecule has 0 spiro atoms. The number of carbonyl (C=O) groups is 2. The third-order valence-electron chi connectivity index (χ3n) is 8.11. The molecule has 0 unspecified atom stereocenters. The van der Waals surface area contributed by atoms with Crippen molar-refractivity contribution < 1.29 is 27.5 Å². The number of ether oxygens (including phenoxy) is 1. The Kier molecular flexibility index (Phi) is 9.76. The second kappa shape index (κ2) is 13.7. The molecule has 1 aromatic heterocycles. The molecule has 0 aliphatic carbocycles. The summed E-state index contributed by atoms with van der Waals surface area (Å²) in [4.78, 5) is 38.8. The number of amides is 2. The maximum absolute atomic E-state index is 13.9. The van der Waals surface area contributed by atoms with Crippen LogP contribution < -0.4 is 20.3 Å². The van der Waals surface area contributed by atoms with Gasteiger partial charge in [0.1, 0.15) is 5.75 Å². The lowest BCUT2D eigenvalue weighted by Gasteiger charge is -2.36. The van der Waals surface area contributed by atoms with Crippen LogP contribution in [0, 0.1) is 0 Å². The second-order valence-corrected chi connectivity index (χ2v) is 11.5. The summed E-state index contributed by atoms with van der Waals surface area (Å²) in [6.45, 7) is 3.49. The van der Waals surface area contributed by atoms with Crippen molar-refractivity contribution in [1.29, 1.82) is 0 Å². The van der Waals surface area contributed by atoms with Gasteiger partial charge in [0, 0.05) is 56.2 Å². The fourth-order valence-corrected chi connectivity index (χ4v) is 5.73. The van der Waals surface area contributed by atoms with Gasteiger partial charge in [0.15, 0.2) is 0 Å². The molecule has 2 aliphatic rings. The Bertz CT molecular complexity index is 1540. The van der Waals surface area contributed by atoms with Crippen LogP contribution in [0.25, 0.3) is 0 Å². The molecule has 45 heavy (non-hydrogen) atoms. The topological polar surface area (TPSA) is 103 Å². The number of nitrogens with zero attached hydrogens (tertiary/aromatic N) is 5. The first-order valence-corrected chi connectivity index (χ1v) is 15.0. The van der Waals surface area contributed by atoms with Crippen LogP contribution in [0.1, 0.15) is 35.2 Å². The van der Waals surface area contributed by atoms with E-state index in [-0.39, 0.29) is 42.7 Å². The normalized spacial score (nSPS) is 14.9. The lowest BCUT2D eigenvalue weighted by Crippen LogP contribution is -2.48. The second-order valence-electron chi connectivity index (χ2n) is 11.5. The molecular formula is C32H38F3N7O3. The van der Waals surface area contributed by atoms with Gasteiger partial charge in [-0.05, 0) is 69.2 Å². The molecule has 0 radical (unpaired) electrons. The van der Waals surface area contributed by atoms with E-state index in [2.05, 4.69) is 30.4 Å².